The summed E-state index contributed by atoms with van der Waals surface area (Å²) in [6.07, 6.45) is 2.48. The molecule has 3 heteroatoms. The number of hydrogen-bond donors (Lipinski definition) is 1. The van der Waals surface area contributed by atoms with Crippen molar-refractivity contribution in [1.82, 2.24) is 4.90 Å². The van der Waals surface area contributed by atoms with Crippen LogP contribution in [0.2, 0.25) is 0 Å². The van der Waals surface area contributed by atoms with Gasteiger partial charge in [-0.1, -0.05) is 20.3 Å². The van der Waals surface area contributed by atoms with Crippen LogP contribution >= 0.6 is 0 Å². The first kappa shape index (κ1) is 13.9. The highest BCUT2D eigenvalue weighted by molar-refractivity contribution is 4.75. The summed E-state index contributed by atoms with van der Waals surface area (Å²) in [6, 6.07) is 0.446. The van der Waals surface area contributed by atoms with Crippen LogP contribution in [0.1, 0.15) is 26.7 Å². The molecule has 3 nitrogen and oxygen atoms in total. The number of nitrogens with two attached hydrogens (primary N) is 1. The molecule has 2 unspecified atom stereocenters. The van der Waals surface area contributed by atoms with E-state index in [-0.39, 0.29) is 0 Å². The van der Waals surface area contributed by atoms with Gasteiger partial charge in [-0.15, -0.1) is 0 Å². The minimum Gasteiger partial charge on any atom is -0.384 e. The fourth-order valence-corrected chi connectivity index (χ4v) is 1.79. The molecule has 14 heavy (non-hydrogen) atoms. The molecule has 0 fully saturated rings. The molecule has 0 aliphatic carbocycles. The first-order valence-corrected chi connectivity index (χ1v) is 5.56. The van der Waals surface area contributed by atoms with Crippen molar-refractivity contribution in [2.24, 2.45) is 11.7 Å². The molecule has 86 valence electrons. The maximum Gasteiger partial charge on any atom is 0.0503 e. The molecule has 0 amide bonds. The highest BCUT2D eigenvalue weighted by Gasteiger charge is 2.19. The van der Waals surface area contributed by atoms with Crippen molar-refractivity contribution in [3.8, 4) is 0 Å². The third-order valence-corrected chi connectivity index (χ3v) is 2.76. The Kier molecular flexibility index (Phi) is 8.14. The van der Waals surface area contributed by atoms with Crippen molar-refractivity contribution in [2.45, 2.75) is 32.7 Å². The van der Waals surface area contributed by atoms with E-state index >= 15 is 0 Å². The molecule has 0 aromatic rings. The smallest absolute Gasteiger partial charge is 0.0503 e. The largest absolute Gasteiger partial charge is 0.384 e. The van der Waals surface area contributed by atoms with E-state index in [4.69, 9.17) is 10.5 Å². The van der Waals surface area contributed by atoms with Gasteiger partial charge in [-0.2, -0.15) is 0 Å². The van der Waals surface area contributed by atoms with Gasteiger partial charge in [-0.3, -0.25) is 0 Å². The Balaban J connectivity index is 3.96. The van der Waals surface area contributed by atoms with Gasteiger partial charge in [0, 0.05) is 19.7 Å². The molecule has 0 rings (SSSR count). The van der Waals surface area contributed by atoms with Gasteiger partial charge in [0.2, 0.25) is 0 Å². The summed E-state index contributed by atoms with van der Waals surface area (Å²) in [7, 11) is 3.90. The second kappa shape index (κ2) is 8.21. The van der Waals surface area contributed by atoms with E-state index in [1.807, 2.05) is 0 Å². The van der Waals surface area contributed by atoms with E-state index in [0.717, 1.165) is 13.2 Å². The lowest BCUT2D eigenvalue weighted by atomic mass is 10.0. The van der Waals surface area contributed by atoms with Crippen molar-refractivity contribution >= 4 is 0 Å². The normalized spacial score (nSPS) is 15.9. The summed E-state index contributed by atoms with van der Waals surface area (Å²) in [5, 5.41) is 0. The first-order chi connectivity index (χ1) is 6.67. The zero-order chi connectivity index (χ0) is 11.0. The number of hydrogen-bond acceptors (Lipinski definition) is 3. The van der Waals surface area contributed by atoms with Crippen molar-refractivity contribution in [1.29, 1.82) is 0 Å². The van der Waals surface area contributed by atoms with Crippen LogP contribution in [0.15, 0.2) is 0 Å². The van der Waals surface area contributed by atoms with Gasteiger partial charge in [-0.25, -0.2) is 0 Å². The Labute approximate surface area is 88.6 Å². The van der Waals surface area contributed by atoms with Gasteiger partial charge in [-0.05, 0) is 25.9 Å². The van der Waals surface area contributed by atoms with E-state index in [1.165, 1.54) is 12.8 Å². The van der Waals surface area contributed by atoms with E-state index in [9.17, 15) is 0 Å². The van der Waals surface area contributed by atoms with Crippen LogP contribution in [0, 0.1) is 5.92 Å². The quantitative estimate of drug-likeness (QED) is 0.645. The van der Waals surface area contributed by atoms with Crippen LogP contribution in [0.5, 0.6) is 0 Å². The summed E-state index contributed by atoms with van der Waals surface area (Å²) < 4.78 is 5.16. The van der Waals surface area contributed by atoms with Crippen molar-refractivity contribution in [3.05, 3.63) is 0 Å². The monoisotopic (exact) mass is 202 g/mol. The fourth-order valence-electron chi connectivity index (χ4n) is 1.79. The Morgan fingerprint density at radius 3 is 2.50 bits per heavy atom. The van der Waals surface area contributed by atoms with Crippen LogP contribution in [0.25, 0.3) is 0 Å². The molecule has 0 bridgehead atoms. The maximum absolute atomic E-state index is 5.78. The lowest BCUT2D eigenvalue weighted by molar-refractivity contribution is 0.0978. The van der Waals surface area contributed by atoms with Gasteiger partial charge in [0.1, 0.15) is 0 Å². The van der Waals surface area contributed by atoms with Crippen molar-refractivity contribution in [2.75, 3.05) is 33.9 Å². The first-order valence-electron chi connectivity index (χ1n) is 5.56. The number of methoxy groups -OCH3 is 1. The lowest BCUT2D eigenvalue weighted by Gasteiger charge is -2.31. The van der Waals surface area contributed by atoms with Gasteiger partial charge >= 0.3 is 0 Å². The third-order valence-electron chi connectivity index (χ3n) is 2.76. The molecule has 0 radical (unpaired) electrons. The van der Waals surface area contributed by atoms with Crippen LogP contribution in [0.3, 0.4) is 0 Å². The van der Waals surface area contributed by atoms with E-state index in [2.05, 4.69) is 25.8 Å². The summed E-state index contributed by atoms with van der Waals surface area (Å²) in [5.74, 6) is 0.506. The van der Waals surface area contributed by atoms with E-state index < -0.39 is 0 Å². The second-order valence-electron chi connectivity index (χ2n) is 4.07. The molecular formula is C11H26N2O. The zero-order valence-corrected chi connectivity index (χ0v) is 10.1. The van der Waals surface area contributed by atoms with Crippen molar-refractivity contribution < 1.29 is 4.74 Å². The highest BCUT2D eigenvalue weighted by Crippen LogP contribution is 2.09. The van der Waals surface area contributed by atoms with Crippen molar-refractivity contribution in [3.63, 3.8) is 0 Å². The minimum absolute atomic E-state index is 0.446. The molecule has 2 atom stereocenters. The molecule has 0 saturated heterocycles. The maximum atomic E-state index is 5.78. The molecule has 0 spiro atoms. The predicted molar refractivity (Wildman–Crippen MR) is 61.4 cm³/mol. The minimum atomic E-state index is 0.446. The van der Waals surface area contributed by atoms with Gasteiger partial charge in [0.25, 0.3) is 0 Å². The van der Waals surface area contributed by atoms with Crippen LogP contribution in [-0.2, 0) is 4.74 Å². The SMILES string of the molecule is CCCCN(C)C(CN)C(C)COC. The van der Waals surface area contributed by atoms with E-state index in [1.54, 1.807) is 7.11 Å². The fraction of sp³-hybridized carbons (Fsp3) is 1.00. The Morgan fingerprint density at radius 1 is 1.43 bits per heavy atom. The van der Waals surface area contributed by atoms with Crippen LogP contribution < -0.4 is 5.73 Å². The lowest BCUT2D eigenvalue weighted by Crippen LogP contribution is -2.44. The number of ether oxygens (including phenoxy) is 1. The number of nitrogens with zero attached hydrogens (tertiary/aromatic N) is 1. The standard InChI is InChI=1S/C11H26N2O/c1-5-6-7-13(3)11(8-12)10(2)9-14-4/h10-11H,5-9,12H2,1-4H3. The molecule has 0 aliphatic rings. The third kappa shape index (κ3) is 4.94. The molecule has 0 aromatic carbocycles. The average Bonchev–Trinajstić information content (AvgIpc) is 2.16. The summed E-state index contributed by atoms with van der Waals surface area (Å²) >= 11 is 0. The van der Waals surface area contributed by atoms with Gasteiger partial charge in [0.15, 0.2) is 0 Å². The van der Waals surface area contributed by atoms with Crippen LogP contribution in [-0.4, -0.2) is 44.8 Å². The highest BCUT2D eigenvalue weighted by atomic mass is 16.5. The number of likely N-dealkylation sites (N-methyl/N-ethyl adjacent to an activating group) is 1. The summed E-state index contributed by atoms with van der Waals surface area (Å²) in [6.45, 7) is 7.04. The number of unbranched alkanes of at least 4 members (excludes halogenated alkanes) is 1. The molecule has 0 saturated carbocycles. The van der Waals surface area contributed by atoms with E-state index in [0.29, 0.717) is 18.5 Å². The Morgan fingerprint density at radius 2 is 2.07 bits per heavy atom. The zero-order valence-electron chi connectivity index (χ0n) is 10.1. The topological polar surface area (TPSA) is 38.5 Å². The molecular weight excluding hydrogens is 176 g/mol. The summed E-state index contributed by atoms with van der Waals surface area (Å²) in [4.78, 5) is 2.35. The van der Waals surface area contributed by atoms with Gasteiger partial charge in [0.05, 0.1) is 6.61 Å². The molecule has 0 aliphatic heterocycles. The predicted octanol–water partition coefficient (Wildman–Crippen LogP) is 1.33. The summed E-state index contributed by atoms with van der Waals surface area (Å²) in [5.41, 5.74) is 5.78. The van der Waals surface area contributed by atoms with Gasteiger partial charge < -0.3 is 15.4 Å². The molecule has 0 heterocycles. The van der Waals surface area contributed by atoms with Crippen LogP contribution in [0.4, 0.5) is 0 Å². The Hall–Kier alpha value is -0.120. The number of rotatable bonds is 8. The molecule has 0 aromatic heterocycles. The Bertz CT molecular complexity index is 130. The average molecular weight is 202 g/mol. The molecule has 2 N–H and O–H groups in total. The second-order valence-corrected chi connectivity index (χ2v) is 4.07.